The molecule has 0 N–H and O–H groups in total. The number of methoxy groups -OCH3 is 1. The molecule has 0 unspecified atom stereocenters. The van der Waals surface area contributed by atoms with Crippen molar-refractivity contribution in [3.63, 3.8) is 0 Å². The first kappa shape index (κ1) is 22.5. The first-order valence-electron chi connectivity index (χ1n) is 10.6. The topological polar surface area (TPSA) is 18.5 Å². The quantitative estimate of drug-likeness (QED) is 0.290. The van der Waals surface area contributed by atoms with Crippen molar-refractivity contribution >= 4 is 0 Å². The van der Waals surface area contributed by atoms with Crippen molar-refractivity contribution in [1.82, 2.24) is 0 Å². The average Bonchev–Trinajstić information content (AvgIpc) is 2.85. The third kappa shape index (κ3) is 4.87. The minimum absolute atomic E-state index is 0.117. The lowest BCUT2D eigenvalue weighted by atomic mass is 10.0. The molecule has 0 bridgehead atoms. The summed E-state index contributed by atoms with van der Waals surface area (Å²) in [5, 5.41) is 0. The molecular formula is C28H23F3O2. The van der Waals surface area contributed by atoms with Crippen molar-refractivity contribution in [2.75, 3.05) is 7.11 Å². The van der Waals surface area contributed by atoms with Gasteiger partial charge < -0.3 is 9.47 Å². The van der Waals surface area contributed by atoms with E-state index in [1.54, 1.807) is 54.6 Å². The Hall–Kier alpha value is -3.73. The van der Waals surface area contributed by atoms with Crippen molar-refractivity contribution in [3.05, 3.63) is 107 Å². The Kier molecular flexibility index (Phi) is 6.68. The number of hydrogen-bond donors (Lipinski definition) is 0. The van der Waals surface area contributed by atoms with E-state index < -0.39 is 17.5 Å². The first-order valence-corrected chi connectivity index (χ1v) is 10.6. The molecule has 2 nitrogen and oxygen atoms in total. The highest BCUT2D eigenvalue weighted by Gasteiger charge is 2.15. The molecule has 0 saturated heterocycles. The van der Waals surface area contributed by atoms with Gasteiger partial charge >= 0.3 is 0 Å². The molecule has 0 aliphatic heterocycles. The van der Waals surface area contributed by atoms with Crippen LogP contribution in [-0.2, 0) is 13.0 Å². The van der Waals surface area contributed by atoms with Gasteiger partial charge in [0.2, 0.25) is 0 Å². The lowest BCUT2D eigenvalue weighted by Crippen LogP contribution is -2.02. The molecule has 0 radical (unpaired) electrons. The first-order chi connectivity index (χ1) is 16.0. The zero-order valence-corrected chi connectivity index (χ0v) is 18.4. The Balaban J connectivity index is 1.47. The van der Waals surface area contributed by atoms with Crippen molar-refractivity contribution < 1.29 is 22.6 Å². The molecule has 5 heteroatoms. The molecule has 4 aromatic carbocycles. The van der Waals surface area contributed by atoms with Crippen molar-refractivity contribution in [2.24, 2.45) is 0 Å². The van der Waals surface area contributed by atoms with E-state index in [0.29, 0.717) is 28.2 Å². The summed E-state index contributed by atoms with van der Waals surface area (Å²) < 4.78 is 54.3. The highest BCUT2D eigenvalue weighted by Crippen LogP contribution is 2.29. The van der Waals surface area contributed by atoms with Crippen LogP contribution in [0.1, 0.15) is 18.1 Å². The molecule has 4 aromatic rings. The van der Waals surface area contributed by atoms with Crippen LogP contribution in [0.5, 0.6) is 11.5 Å². The van der Waals surface area contributed by atoms with Crippen molar-refractivity contribution in [2.45, 2.75) is 20.0 Å². The van der Waals surface area contributed by atoms with Gasteiger partial charge in [0.05, 0.1) is 7.11 Å². The van der Waals surface area contributed by atoms with Crippen LogP contribution in [0.3, 0.4) is 0 Å². The van der Waals surface area contributed by atoms with E-state index in [4.69, 9.17) is 9.47 Å². The Morgan fingerprint density at radius 2 is 1.27 bits per heavy atom. The van der Waals surface area contributed by atoms with Crippen LogP contribution in [-0.4, -0.2) is 7.11 Å². The maximum Gasteiger partial charge on any atom is 0.167 e. The van der Waals surface area contributed by atoms with Gasteiger partial charge in [0.1, 0.15) is 23.9 Å². The van der Waals surface area contributed by atoms with Crippen LogP contribution in [0.2, 0.25) is 0 Å². The lowest BCUT2D eigenvalue weighted by molar-refractivity contribution is 0.297. The molecule has 4 rings (SSSR count). The fourth-order valence-electron chi connectivity index (χ4n) is 3.59. The van der Waals surface area contributed by atoms with Gasteiger partial charge in [-0.25, -0.2) is 13.2 Å². The van der Waals surface area contributed by atoms with Gasteiger partial charge in [-0.15, -0.1) is 0 Å². The number of halogens is 3. The number of benzene rings is 4. The summed E-state index contributed by atoms with van der Waals surface area (Å²) in [6.45, 7) is 1.91. The summed E-state index contributed by atoms with van der Waals surface area (Å²) in [6, 6.07) is 21.9. The van der Waals surface area contributed by atoms with Gasteiger partial charge in [-0.05, 0) is 47.4 Å². The molecule has 0 heterocycles. The van der Waals surface area contributed by atoms with E-state index in [1.807, 2.05) is 19.1 Å². The molecule has 0 spiro atoms. The van der Waals surface area contributed by atoms with E-state index in [9.17, 15) is 13.2 Å². The number of ether oxygens (including phenoxy) is 2. The fourth-order valence-corrected chi connectivity index (χ4v) is 3.59. The fraction of sp³-hybridized carbons (Fsp3) is 0.143. The molecule has 0 saturated carbocycles. The average molecular weight is 448 g/mol. The van der Waals surface area contributed by atoms with Crippen LogP contribution in [0, 0.1) is 17.5 Å². The molecule has 0 aliphatic carbocycles. The largest absolute Gasteiger partial charge is 0.497 e. The maximum atomic E-state index is 14.7. The highest BCUT2D eigenvalue weighted by molar-refractivity contribution is 5.66. The zero-order chi connectivity index (χ0) is 23.4. The molecular weight excluding hydrogens is 425 g/mol. The third-order valence-corrected chi connectivity index (χ3v) is 5.57. The second-order valence-corrected chi connectivity index (χ2v) is 7.61. The Labute approximate surface area is 191 Å². The van der Waals surface area contributed by atoms with Gasteiger partial charge in [0.15, 0.2) is 11.6 Å². The smallest absolute Gasteiger partial charge is 0.167 e. The SMILES string of the molecule is CCc1ccc(-c2ccc(COc3ccc(-c4ccc(OC)cc4F)cc3)c(F)c2F)cc1. The van der Waals surface area contributed by atoms with Crippen molar-refractivity contribution in [3.8, 4) is 33.8 Å². The lowest BCUT2D eigenvalue weighted by Gasteiger charge is -2.11. The summed E-state index contributed by atoms with van der Waals surface area (Å²) in [4.78, 5) is 0. The minimum atomic E-state index is -0.927. The molecule has 0 fully saturated rings. The van der Waals surface area contributed by atoms with E-state index in [-0.39, 0.29) is 17.7 Å². The van der Waals surface area contributed by atoms with E-state index in [1.165, 1.54) is 19.2 Å². The normalized spacial score (nSPS) is 10.8. The van der Waals surface area contributed by atoms with Crippen LogP contribution in [0.25, 0.3) is 22.3 Å². The molecule has 0 aliphatic rings. The molecule has 0 aromatic heterocycles. The van der Waals surface area contributed by atoms with Gasteiger partial charge in [-0.1, -0.05) is 55.5 Å². The second-order valence-electron chi connectivity index (χ2n) is 7.61. The Morgan fingerprint density at radius 3 is 1.91 bits per heavy atom. The zero-order valence-electron chi connectivity index (χ0n) is 18.4. The summed E-state index contributed by atoms with van der Waals surface area (Å²) in [7, 11) is 1.48. The Morgan fingerprint density at radius 1 is 0.667 bits per heavy atom. The molecule has 0 amide bonds. The van der Waals surface area contributed by atoms with E-state index in [0.717, 1.165) is 12.0 Å². The van der Waals surface area contributed by atoms with Gasteiger partial charge in [-0.2, -0.15) is 0 Å². The van der Waals surface area contributed by atoms with Gasteiger partial charge in [-0.3, -0.25) is 0 Å². The van der Waals surface area contributed by atoms with Crippen LogP contribution >= 0.6 is 0 Å². The minimum Gasteiger partial charge on any atom is -0.497 e. The number of rotatable bonds is 7. The predicted octanol–water partition coefficient (Wildman–Crippen LogP) is 7.59. The molecule has 168 valence electrons. The van der Waals surface area contributed by atoms with Gasteiger partial charge in [0, 0.05) is 22.8 Å². The summed E-state index contributed by atoms with van der Waals surface area (Å²) in [5.41, 5.74) is 3.18. The van der Waals surface area contributed by atoms with E-state index >= 15 is 0 Å². The van der Waals surface area contributed by atoms with Crippen LogP contribution in [0.15, 0.2) is 78.9 Å². The van der Waals surface area contributed by atoms with E-state index in [2.05, 4.69) is 0 Å². The molecule has 0 atom stereocenters. The maximum absolute atomic E-state index is 14.7. The summed E-state index contributed by atoms with van der Waals surface area (Å²) in [5.74, 6) is -1.32. The van der Waals surface area contributed by atoms with Crippen molar-refractivity contribution in [1.29, 1.82) is 0 Å². The van der Waals surface area contributed by atoms with Crippen LogP contribution < -0.4 is 9.47 Å². The number of hydrogen-bond acceptors (Lipinski definition) is 2. The Bertz CT molecular complexity index is 1250. The summed E-state index contributed by atoms with van der Waals surface area (Å²) in [6.07, 6.45) is 0.878. The monoisotopic (exact) mass is 448 g/mol. The second kappa shape index (κ2) is 9.82. The standard InChI is InChI=1S/C28H23F3O2/c1-3-18-4-6-20(7-5-18)25-14-10-21(27(30)28(25)31)17-33-22-11-8-19(9-12-22)24-15-13-23(32-2)16-26(24)29/h4-16H,3,17H2,1-2H3. The molecule has 33 heavy (non-hydrogen) atoms. The third-order valence-electron chi connectivity index (χ3n) is 5.57. The summed E-state index contributed by atoms with van der Waals surface area (Å²) >= 11 is 0. The van der Waals surface area contributed by atoms with Crippen LogP contribution in [0.4, 0.5) is 13.2 Å². The highest BCUT2D eigenvalue weighted by atomic mass is 19.2. The predicted molar refractivity (Wildman–Crippen MR) is 124 cm³/mol. The number of aryl methyl sites for hydroxylation is 1. The van der Waals surface area contributed by atoms with Gasteiger partial charge in [0.25, 0.3) is 0 Å².